The maximum absolute atomic E-state index is 12.8. The Balaban J connectivity index is 2.09. The molecule has 10 heteroatoms. The van der Waals surface area contributed by atoms with Crippen molar-refractivity contribution in [3.63, 3.8) is 0 Å². The molecule has 160 valence electrons. The summed E-state index contributed by atoms with van der Waals surface area (Å²) in [5.41, 5.74) is 2.17. The summed E-state index contributed by atoms with van der Waals surface area (Å²) in [7, 11) is 3.58. The van der Waals surface area contributed by atoms with Gasteiger partial charge in [-0.25, -0.2) is 8.42 Å². The first kappa shape index (κ1) is 22.6. The van der Waals surface area contributed by atoms with Crippen LogP contribution in [0.25, 0.3) is 0 Å². The number of nitrogens with one attached hydrogen (secondary N) is 1. The summed E-state index contributed by atoms with van der Waals surface area (Å²) in [4.78, 5) is 17.1. The van der Waals surface area contributed by atoms with E-state index >= 15 is 0 Å². The number of hydrogen-bond acceptors (Lipinski definition) is 6. The Bertz CT molecular complexity index is 937. The molecule has 0 fully saturated rings. The summed E-state index contributed by atoms with van der Waals surface area (Å²) < 4.78 is 29.8. The van der Waals surface area contributed by atoms with Gasteiger partial charge in [0, 0.05) is 36.4 Å². The zero-order chi connectivity index (χ0) is 21.3. The van der Waals surface area contributed by atoms with E-state index in [1.54, 1.807) is 6.07 Å². The predicted octanol–water partition coefficient (Wildman–Crippen LogP) is 3.20. The highest BCUT2D eigenvalue weighted by atomic mass is 127. The number of halogens is 2. The van der Waals surface area contributed by atoms with Gasteiger partial charge in [-0.1, -0.05) is 13.8 Å². The van der Waals surface area contributed by atoms with E-state index < -0.39 is 15.1 Å². The number of carbonyl (C=O) groups is 1. The first-order valence-corrected chi connectivity index (χ1v) is 13.1. The van der Waals surface area contributed by atoms with E-state index in [0.717, 1.165) is 25.0 Å². The van der Waals surface area contributed by atoms with Gasteiger partial charge in [-0.2, -0.15) is 0 Å². The first-order valence-electron chi connectivity index (χ1n) is 9.55. The van der Waals surface area contributed by atoms with Crippen molar-refractivity contribution in [3.8, 4) is 5.75 Å². The molecule has 1 aromatic carbocycles. The average molecular weight is 554 g/mol. The molecule has 3 rings (SSSR count). The van der Waals surface area contributed by atoms with E-state index in [4.69, 9.17) is 15.4 Å². The molecule has 0 bridgehead atoms. The van der Waals surface area contributed by atoms with Gasteiger partial charge < -0.3 is 15.0 Å². The Hall–Kier alpha value is -1.04. The minimum Gasteiger partial charge on any atom is -0.493 e. The van der Waals surface area contributed by atoms with E-state index in [2.05, 4.69) is 39.7 Å². The molecule has 0 aromatic heterocycles. The van der Waals surface area contributed by atoms with Gasteiger partial charge in [-0.05, 0) is 59.2 Å². The summed E-state index contributed by atoms with van der Waals surface area (Å²) in [5, 5.41) is 3.02. The molecule has 1 amide bonds. The first-order chi connectivity index (χ1) is 13.7. The molecular weight excluding hydrogens is 529 g/mol. The van der Waals surface area contributed by atoms with Crippen molar-refractivity contribution in [1.29, 1.82) is 0 Å². The van der Waals surface area contributed by atoms with Crippen LogP contribution in [0.15, 0.2) is 34.4 Å². The number of carbonyl (C=O) groups excluding carboxylic acids is 1. The van der Waals surface area contributed by atoms with Gasteiger partial charge in [0.25, 0.3) is 15.0 Å². The van der Waals surface area contributed by atoms with Crippen molar-refractivity contribution < 1.29 is 17.9 Å². The predicted molar refractivity (Wildman–Crippen MR) is 121 cm³/mol. The van der Waals surface area contributed by atoms with Crippen molar-refractivity contribution in [2.75, 3.05) is 26.7 Å². The van der Waals surface area contributed by atoms with Gasteiger partial charge in [0.05, 0.1) is 17.5 Å². The minimum absolute atomic E-state index is 0.0114. The van der Waals surface area contributed by atoms with Crippen molar-refractivity contribution in [2.45, 2.75) is 41.8 Å². The number of ether oxygens (including phenoxy) is 1. The number of nitrogens with zero attached hydrogens (tertiary/aromatic N) is 2. The summed E-state index contributed by atoms with van der Waals surface area (Å²) in [6, 6.07) is 4.09. The van der Waals surface area contributed by atoms with E-state index in [1.165, 1.54) is 12.1 Å². The van der Waals surface area contributed by atoms with E-state index in [9.17, 15) is 13.2 Å². The molecule has 2 atom stereocenters. The van der Waals surface area contributed by atoms with E-state index in [-0.39, 0.29) is 15.0 Å². The minimum atomic E-state index is -3.91. The Labute approximate surface area is 190 Å². The molecule has 7 nitrogen and oxygen atoms in total. The summed E-state index contributed by atoms with van der Waals surface area (Å²) in [6.07, 6.45) is 1.80. The monoisotopic (exact) mass is 553 g/mol. The highest BCUT2D eigenvalue weighted by Gasteiger charge is 2.42. The zero-order valence-corrected chi connectivity index (χ0v) is 20.3. The summed E-state index contributed by atoms with van der Waals surface area (Å²) in [6.45, 7) is 6.12. The topological polar surface area (TPSA) is 78.9 Å². The molecule has 1 aromatic rings. The molecule has 29 heavy (non-hydrogen) atoms. The zero-order valence-electron chi connectivity index (χ0n) is 16.6. The standard InChI is InChI=1S/C19H25ClIN3O4S/c1-4-8-24-11-14-16(22-18(25)17(14)23(3)19(24)21)13-10-12(29(20,26)27)6-7-15(13)28-9-5-2/h6-7,10,16,19H,4-5,8-9,11H2,1-3H3,(H,22,25). The smallest absolute Gasteiger partial charge is 0.268 e. The molecule has 1 N–H and O–H groups in total. The van der Waals surface area contributed by atoms with E-state index in [0.29, 0.717) is 30.2 Å². The fraction of sp³-hybridized carbons (Fsp3) is 0.526. The molecule has 2 aliphatic heterocycles. The molecular formula is C19H25ClIN3O4S. The molecule has 2 unspecified atom stereocenters. The van der Waals surface area contributed by atoms with Crippen LogP contribution in [-0.4, -0.2) is 55.0 Å². The van der Waals surface area contributed by atoms with Gasteiger partial charge in [-0.15, -0.1) is 0 Å². The normalized spacial score (nSPS) is 22.7. The van der Waals surface area contributed by atoms with Gasteiger partial charge in [0.2, 0.25) is 0 Å². The molecule has 2 aliphatic rings. The largest absolute Gasteiger partial charge is 0.493 e. The Morgan fingerprint density at radius 3 is 2.66 bits per heavy atom. The second-order valence-electron chi connectivity index (χ2n) is 7.16. The van der Waals surface area contributed by atoms with Gasteiger partial charge >= 0.3 is 0 Å². The van der Waals surface area contributed by atoms with Crippen LogP contribution in [-0.2, 0) is 13.8 Å². The molecule has 0 aliphatic carbocycles. The summed E-state index contributed by atoms with van der Waals surface area (Å²) >= 11 is 2.33. The lowest BCUT2D eigenvalue weighted by Gasteiger charge is -2.40. The van der Waals surface area contributed by atoms with Crippen LogP contribution < -0.4 is 10.1 Å². The number of amides is 1. The lowest BCUT2D eigenvalue weighted by molar-refractivity contribution is -0.118. The van der Waals surface area contributed by atoms with Crippen LogP contribution in [0.4, 0.5) is 0 Å². The van der Waals surface area contributed by atoms with Crippen molar-refractivity contribution in [2.24, 2.45) is 0 Å². The molecule has 2 heterocycles. The molecule has 0 spiro atoms. The Morgan fingerprint density at radius 1 is 1.31 bits per heavy atom. The maximum Gasteiger partial charge on any atom is 0.268 e. The van der Waals surface area contributed by atoms with Crippen molar-refractivity contribution in [3.05, 3.63) is 35.0 Å². The highest BCUT2D eigenvalue weighted by Crippen LogP contribution is 2.41. The van der Waals surface area contributed by atoms with Crippen LogP contribution >= 0.6 is 33.3 Å². The number of alkyl halides is 1. The maximum atomic E-state index is 12.8. The lowest BCUT2D eigenvalue weighted by Crippen LogP contribution is -2.48. The van der Waals surface area contributed by atoms with Crippen LogP contribution in [0.2, 0.25) is 0 Å². The Kier molecular flexibility index (Phi) is 7.02. The molecule has 0 radical (unpaired) electrons. The molecule has 0 saturated carbocycles. The SMILES string of the molecule is CCCOc1ccc(S(=O)(=O)Cl)cc1C1NC(=O)C2=C1CN(CCC)C(I)N2C. The third kappa shape index (κ3) is 4.52. The van der Waals surface area contributed by atoms with Crippen LogP contribution in [0.3, 0.4) is 0 Å². The van der Waals surface area contributed by atoms with Gasteiger partial charge in [0.15, 0.2) is 0 Å². The summed E-state index contributed by atoms with van der Waals surface area (Å²) in [5.74, 6) is 0.391. The van der Waals surface area contributed by atoms with Crippen LogP contribution in [0.5, 0.6) is 5.75 Å². The fourth-order valence-electron chi connectivity index (χ4n) is 3.75. The third-order valence-corrected chi connectivity index (χ3v) is 8.01. The lowest BCUT2D eigenvalue weighted by atomic mass is 9.97. The van der Waals surface area contributed by atoms with Gasteiger partial charge in [-0.3, -0.25) is 9.69 Å². The van der Waals surface area contributed by atoms with Crippen molar-refractivity contribution in [1.82, 2.24) is 15.1 Å². The second-order valence-corrected chi connectivity index (χ2v) is 10.8. The number of rotatable bonds is 7. The second kappa shape index (κ2) is 8.99. The van der Waals surface area contributed by atoms with Crippen molar-refractivity contribution >= 4 is 48.2 Å². The number of likely N-dealkylation sites (N-methyl/N-ethyl adjacent to an activating group) is 1. The van der Waals surface area contributed by atoms with Gasteiger partial charge in [0.1, 0.15) is 15.6 Å². The van der Waals surface area contributed by atoms with Crippen LogP contribution in [0, 0.1) is 0 Å². The van der Waals surface area contributed by atoms with E-state index in [1.807, 2.05) is 18.9 Å². The third-order valence-electron chi connectivity index (χ3n) is 5.04. The molecule has 0 saturated heterocycles. The fourth-order valence-corrected chi connectivity index (χ4v) is 5.29. The average Bonchev–Trinajstić information content (AvgIpc) is 2.99. The number of hydrogen-bond donors (Lipinski definition) is 1. The number of benzene rings is 1. The van der Waals surface area contributed by atoms with Crippen LogP contribution in [0.1, 0.15) is 38.3 Å². The Morgan fingerprint density at radius 2 is 2.03 bits per heavy atom. The highest BCUT2D eigenvalue weighted by molar-refractivity contribution is 14.1. The quantitative estimate of drug-likeness (QED) is 0.242.